The minimum absolute atomic E-state index is 0.186. The van der Waals surface area contributed by atoms with E-state index in [1.807, 2.05) is 0 Å². The number of hydrogen-bond donors (Lipinski definition) is 2. The first-order valence-corrected chi connectivity index (χ1v) is 5.66. The summed E-state index contributed by atoms with van der Waals surface area (Å²) < 4.78 is 5.17. The molecule has 0 aliphatic carbocycles. The summed E-state index contributed by atoms with van der Waals surface area (Å²) in [6, 6.07) is 3.37. The molecule has 0 atom stereocenters. The molecule has 0 radical (unpaired) electrons. The summed E-state index contributed by atoms with van der Waals surface area (Å²) in [6.07, 6.45) is 2.40. The molecular formula is C12H17NO4. The number of unbranched alkanes of at least 4 members (excludes halogenated alkanes) is 2. The van der Waals surface area contributed by atoms with Crippen LogP contribution in [0.5, 0.6) is 0 Å². The maximum atomic E-state index is 11.5. The molecule has 1 rings (SSSR count). The summed E-state index contributed by atoms with van der Waals surface area (Å²) in [5.41, 5.74) is 0. The number of carbonyl (C=O) groups is 2. The molecule has 0 spiro atoms. The van der Waals surface area contributed by atoms with Gasteiger partial charge in [-0.05, 0) is 31.9 Å². The van der Waals surface area contributed by atoms with Crippen molar-refractivity contribution in [3.8, 4) is 0 Å². The molecule has 0 saturated carbocycles. The monoisotopic (exact) mass is 239 g/mol. The molecule has 1 heterocycles. The van der Waals surface area contributed by atoms with Crippen LogP contribution < -0.4 is 5.32 Å². The molecule has 5 heteroatoms. The molecule has 1 aromatic rings. The molecule has 1 amide bonds. The summed E-state index contributed by atoms with van der Waals surface area (Å²) in [7, 11) is 0. The smallest absolute Gasteiger partial charge is 0.303 e. The highest BCUT2D eigenvalue weighted by atomic mass is 16.4. The van der Waals surface area contributed by atoms with E-state index >= 15 is 0 Å². The Balaban J connectivity index is 2.11. The van der Waals surface area contributed by atoms with Gasteiger partial charge in [-0.3, -0.25) is 9.59 Å². The van der Waals surface area contributed by atoms with E-state index in [2.05, 4.69) is 5.32 Å². The number of carboxylic acid groups (broad SMARTS) is 1. The summed E-state index contributed by atoms with van der Waals surface area (Å²) in [5.74, 6) is 0.0149. The second-order valence-electron chi connectivity index (χ2n) is 3.87. The second kappa shape index (κ2) is 6.73. The van der Waals surface area contributed by atoms with Crippen molar-refractivity contribution in [1.82, 2.24) is 5.32 Å². The van der Waals surface area contributed by atoms with Crippen LogP contribution in [0.1, 0.15) is 42.0 Å². The van der Waals surface area contributed by atoms with Crippen LogP contribution in [0.15, 0.2) is 16.5 Å². The maximum Gasteiger partial charge on any atom is 0.303 e. The molecule has 2 N–H and O–H groups in total. The topological polar surface area (TPSA) is 79.5 Å². The van der Waals surface area contributed by atoms with Gasteiger partial charge in [0.1, 0.15) is 5.76 Å². The number of rotatable bonds is 7. The predicted molar refractivity (Wildman–Crippen MR) is 61.9 cm³/mol. The molecule has 0 aliphatic heterocycles. The molecule has 0 fully saturated rings. The third kappa shape index (κ3) is 5.19. The number of nitrogens with one attached hydrogen (secondary N) is 1. The third-order valence-corrected chi connectivity index (χ3v) is 2.32. The molecule has 1 aromatic heterocycles. The first-order chi connectivity index (χ1) is 8.09. The van der Waals surface area contributed by atoms with Crippen molar-refractivity contribution in [2.24, 2.45) is 0 Å². The highest BCUT2D eigenvalue weighted by Gasteiger charge is 2.08. The molecular weight excluding hydrogens is 222 g/mol. The highest BCUT2D eigenvalue weighted by molar-refractivity contribution is 5.91. The average Bonchev–Trinajstić information content (AvgIpc) is 2.69. The van der Waals surface area contributed by atoms with Crippen LogP contribution in [0.4, 0.5) is 0 Å². The Morgan fingerprint density at radius 1 is 1.29 bits per heavy atom. The van der Waals surface area contributed by atoms with Crippen LogP contribution >= 0.6 is 0 Å². The molecule has 0 aliphatic rings. The van der Waals surface area contributed by atoms with Gasteiger partial charge in [0.2, 0.25) is 0 Å². The Hall–Kier alpha value is -1.78. The third-order valence-electron chi connectivity index (χ3n) is 2.32. The van der Waals surface area contributed by atoms with Gasteiger partial charge in [0.05, 0.1) is 0 Å². The van der Waals surface area contributed by atoms with E-state index in [1.165, 1.54) is 0 Å². The van der Waals surface area contributed by atoms with Gasteiger partial charge < -0.3 is 14.8 Å². The number of aryl methyl sites for hydroxylation is 1. The lowest BCUT2D eigenvalue weighted by Gasteiger charge is -2.02. The van der Waals surface area contributed by atoms with Crippen molar-refractivity contribution in [3.05, 3.63) is 23.7 Å². The molecule has 0 bridgehead atoms. The van der Waals surface area contributed by atoms with Crippen molar-refractivity contribution < 1.29 is 19.1 Å². The van der Waals surface area contributed by atoms with Crippen LogP contribution in [0.25, 0.3) is 0 Å². The number of amides is 1. The summed E-state index contributed by atoms with van der Waals surface area (Å²) in [5, 5.41) is 11.1. The molecule has 0 aromatic carbocycles. The van der Waals surface area contributed by atoms with E-state index in [9.17, 15) is 9.59 Å². The Bertz CT molecular complexity index is 384. The van der Waals surface area contributed by atoms with Crippen molar-refractivity contribution in [2.75, 3.05) is 6.54 Å². The largest absolute Gasteiger partial charge is 0.481 e. The summed E-state index contributed by atoms with van der Waals surface area (Å²) >= 11 is 0. The van der Waals surface area contributed by atoms with Gasteiger partial charge in [-0.15, -0.1) is 0 Å². The van der Waals surface area contributed by atoms with E-state index in [0.29, 0.717) is 24.5 Å². The SMILES string of the molecule is Cc1ccc(C(=O)NCCCCCC(=O)O)o1. The van der Waals surface area contributed by atoms with Gasteiger partial charge in [0, 0.05) is 13.0 Å². The number of hydrogen-bond acceptors (Lipinski definition) is 3. The number of carbonyl (C=O) groups excluding carboxylic acids is 1. The number of aliphatic carboxylic acids is 1. The molecule has 5 nitrogen and oxygen atoms in total. The molecule has 17 heavy (non-hydrogen) atoms. The minimum atomic E-state index is -0.778. The molecule has 0 saturated heterocycles. The average molecular weight is 239 g/mol. The van der Waals surface area contributed by atoms with Gasteiger partial charge in [-0.1, -0.05) is 6.42 Å². The fourth-order valence-electron chi connectivity index (χ4n) is 1.42. The zero-order valence-electron chi connectivity index (χ0n) is 9.86. The zero-order valence-corrected chi connectivity index (χ0v) is 9.86. The summed E-state index contributed by atoms with van der Waals surface area (Å²) in [4.78, 5) is 21.7. The van der Waals surface area contributed by atoms with Gasteiger partial charge in [0.25, 0.3) is 5.91 Å². The predicted octanol–water partition coefficient (Wildman–Crippen LogP) is 1.96. The first-order valence-electron chi connectivity index (χ1n) is 5.66. The fourth-order valence-corrected chi connectivity index (χ4v) is 1.42. The van der Waals surface area contributed by atoms with Crippen LogP contribution in [0.3, 0.4) is 0 Å². The lowest BCUT2D eigenvalue weighted by Crippen LogP contribution is -2.23. The summed E-state index contributed by atoms with van der Waals surface area (Å²) in [6.45, 7) is 2.32. The Morgan fingerprint density at radius 2 is 2.06 bits per heavy atom. The van der Waals surface area contributed by atoms with Crippen molar-refractivity contribution >= 4 is 11.9 Å². The lowest BCUT2D eigenvalue weighted by atomic mass is 10.2. The van der Waals surface area contributed by atoms with E-state index in [1.54, 1.807) is 19.1 Å². The van der Waals surface area contributed by atoms with Gasteiger partial charge >= 0.3 is 5.97 Å². The van der Waals surface area contributed by atoms with Crippen LogP contribution in [-0.2, 0) is 4.79 Å². The van der Waals surface area contributed by atoms with Crippen molar-refractivity contribution in [3.63, 3.8) is 0 Å². The standard InChI is InChI=1S/C12H17NO4/c1-9-6-7-10(17-9)12(16)13-8-4-2-3-5-11(14)15/h6-7H,2-5,8H2,1H3,(H,13,16)(H,14,15). The zero-order chi connectivity index (χ0) is 12.7. The van der Waals surface area contributed by atoms with Crippen LogP contribution in [0, 0.1) is 6.92 Å². The first kappa shape index (κ1) is 13.3. The highest BCUT2D eigenvalue weighted by Crippen LogP contribution is 2.06. The van der Waals surface area contributed by atoms with Gasteiger partial charge in [-0.2, -0.15) is 0 Å². The Kier molecular flexibility index (Phi) is 5.26. The maximum absolute atomic E-state index is 11.5. The van der Waals surface area contributed by atoms with E-state index in [4.69, 9.17) is 9.52 Å². The fraction of sp³-hybridized carbons (Fsp3) is 0.500. The quantitative estimate of drug-likeness (QED) is 0.713. The van der Waals surface area contributed by atoms with E-state index in [-0.39, 0.29) is 12.3 Å². The Morgan fingerprint density at radius 3 is 2.65 bits per heavy atom. The van der Waals surface area contributed by atoms with Crippen molar-refractivity contribution in [1.29, 1.82) is 0 Å². The van der Waals surface area contributed by atoms with Crippen molar-refractivity contribution in [2.45, 2.75) is 32.6 Å². The second-order valence-corrected chi connectivity index (χ2v) is 3.87. The van der Waals surface area contributed by atoms with Gasteiger partial charge in [0.15, 0.2) is 5.76 Å². The number of carboxylic acids is 1. The normalized spacial score (nSPS) is 10.2. The van der Waals surface area contributed by atoms with Gasteiger partial charge in [-0.25, -0.2) is 0 Å². The minimum Gasteiger partial charge on any atom is -0.481 e. The lowest BCUT2D eigenvalue weighted by molar-refractivity contribution is -0.137. The van der Waals surface area contributed by atoms with E-state index < -0.39 is 5.97 Å². The van der Waals surface area contributed by atoms with Crippen LogP contribution in [0.2, 0.25) is 0 Å². The van der Waals surface area contributed by atoms with Crippen LogP contribution in [-0.4, -0.2) is 23.5 Å². The molecule has 0 unspecified atom stereocenters. The Labute approximate surface area is 99.8 Å². The molecule has 94 valence electrons. The van der Waals surface area contributed by atoms with E-state index in [0.717, 1.165) is 12.8 Å². The number of furan rings is 1.